The van der Waals surface area contributed by atoms with Gasteiger partial charge >= 0.3 is 0 Å². The van der Waals surface area contributed by atoms with Crippen LogP contribution in [0.2, 0.25) is 0 Å². The molecule has 5 nitrogen and oxygen atoms in total. The van der Waals surface area contributed by atoms with Gasteiger partial charge in [-0.05, 0) is 50.3 Å². The zero-order valence-electron chi connectivity index (χ0n) is 15.0. The average molecular weight is 351 g/mol. The van der Waals surface area contributed by atoms with E-state index in [2.05, 4.69) is 39.3 Å². The van der Waals surface area contributed by atoms with E-state index in [0.717, 1.165) is 68.0 Å². The molecule has 2 aromatic heterocycles. The van der Waals surface area contributed by atoms with Crippen molar-refractivity contribution in [2.24, 2.45) is 0 Å². The smallest absolute Gasteiger partial charge is 0.140 e. The van der Waals surface area contributed by atoms with Crippen molar-refractivity contribution >= 4 is 10.9 Å². The van der Waals surface area contributed by atoms with Crippen LogP contribution in [0.4, 0.5) is 0 Å². The Morgan fingerprint density at radius 2 is 2.04 bits per heavy atom. The monoisotopic (exact) mass is 351 g/mol. The molecule has 3 heterocycles. The summed E-state index contributed by atoms with van der Waals surface area (Å²) in [5.74, 6) is 2.12. The molecule has 2 aliphatic rings. The van der Waals surface area contributed by atoms with Crippen LogP contribution in [0, 0.1) is 0 Å². The van der Waals surface area contributed by atoms with Crippen LogP contribution in [-0.2, 0) is 19.4 Å². The lowest BCUT2D eigenvalue weighted by Gasteiger charge is -2.32. The number of hydrogen-bond acceptors (Lipinski definition) is 4. The highest BCUT2D eigenvalue weighted by molar-refractivity contribution is 5.85. The predicted octanol–water partition coefficient (Wildman–Crippen LogP) is 4.08. The molecule has 136 valence electrons. The summed E-state index contributed by atoms with van der Waals surface area (Å²) < 4.78 is 11.9. The molecule has 1 N–H and O–H groups in total. The fourth-order valence-electron chi connectivity index (χ4n) is 4.31. The minimum Gasteiger partial charge on any atom is -0.490 e. The molecule has 0 amide bonds. The molecule has 0 spiro atoms. The molecule has 5 heteroatoms. The number of H-pyrrole nitrogens is 1. The maximum absolute atomic E-state index is 6.32. The first-order valence-corrected chi connectivity index (χ1v) is 9.78. The van der Waals surface area contributed by atoms with Gasteiger partial charge in [0, 0.05) is 48.7 Å². The Hall–Kier alpha value is -2.27. The van der Waals surface area contributed by atoms with Gasteiger partial charge in [-0.3, -0.25) is 4.90 Å². The van der Waals surface area contributed by atoms with Crippen LogP contribution in [-0.4, -0.2) is 34.2 Å². The van der Waals surface area contributed by atoms with E-state index in [-0.39, 0.29) is 6.10 Å². The lowest BCUT2D eigenvalue weighted by molar-refractivity contribution is 0.0965. The van der Waals surface area contributed by atoms with Crippen molar-refractivity contribution in [3.05, 3.63) is 47.5 Å². The Balaban J connectivity index is 1.20. The lowest BCUT2D eigenvalue weighted by Crippen LogP contribution is -2.38. The largest absolute Gasteiger partial charge is 0.490 e. The van der Waals surface area contributed by atoms with E-state index < -0.39 is 0 Å². The number of piperidine rings is 1. The van der Waals surface area contributed by atoms with Crippen LogP contribution in [0.25, 0.3) is 10.9 Å². The second-order valence-electron chi connectivity index (χ2n) is 7.53. The van der Waals surface area contributed by atoms with Crippen molar-refractivity contribution in [3.8, 4) is 5.75 Å². The average Bonchev–Trinajstić information content (AvgIpc) is 3.31. The fourth-order valence-corrected chi connectivity index (χ4v) is 4.31. The summed E-state index contributed by atoms with van der Waals surface area (Å²) in [6, 6.07) is 8.30. The molecule has 1 aliphatic carbocycles. The van der Waals surface area contributed by atoms with Crippen molar-refractivity contribution in [1.82, 2.24) is 15.0 Å². The number of aryl methyl sites for hydroxylation is 1. The van der Waals surface area contributed by atoms with Gasteiger partial charge in [-0.15, -0.1) is 0 Å². The topological polar surface area (TPSA) is 54.3 Å². The predicted molar refractivity (Wildman–Crippen MR) is 100 cm³/mol. The number of fused-ring (bicyclic) bond motifs is 2. The van der Waals surface area contributed by atoms with Gasteiger partial charge in [-0.2, -0.15) is 0 Å². The van der Waals surface area contributed by atoms with Gasteiger partial charge in [0.05, 0.1) is 0 Å². The van der Waals surface area contributed by atoms with E-state index in [1.54, 1.807) is 0 Å². The third-order valence-corrected chi connectivity index (χ3v) is 5.79. The van der Waals surface area contributed by atoms with Gasteiger partial charge in [0.25, 0.3) is 0 Å². The van der Waals surface area contributed by atoms with E-state index in [9.17, 15) is 0 Å². The van der Waals surface area contributed by atoms with Gasteiger partial charge in [0.2, 0.25) is 0 Å². The van der Waals surface area contributed by atoms with Crippen molar-refractivity contribution in [1.29, 1.82) is 0 Å². The van der Waals surface area contributed by atoms with Gasteiger partial charge in [-0.25, -0.2) is 0 Å². The molecule has 0 radical (unpaired) electrons. The molecule has 0 atom stereocenters. The summed E-state index contributed by atoms with van der Waals surface area (Å²) in [7, 11) is 0. The van der Waals surface area contributed by atoms with Crippen molar-refractivity contribution in [3.63, 3.8) is 0 Å². The summed E-state index contributed by atoms with van der Waals surface area (Å²) in [4.78, 5) is 5.74. The second-order valence-corrected chi connectivity index (χ2v) is 7.53. The molecule has 1 fully saturated rings. The summed E-state index contributed by atoms with van der Waals surface area (Å²) in [5, 5.41) is 5.53. The Bertz CT molecular complexity index is 890. The molecule has 0 bridgehead atoms. The van der Waals surface area contributed by atoms with E-state index in [1.165, 1.54) is 23.8 Å². The first-order valence-electron chi connectivity index (χ1n) is 9.78. The number of aromatic nitrogens is 2. The normalized spacial score (nSPS) is 18.9. The number of likely N-dealkylation sites (tertiary alicyclic amines) is 1. The third kappa shape index (κ3) is 3.01. The molecule has 1 aliphatic heterocycles. The van der Waals surface area contributed by atoms with Crippen molar-refractivity contribution in [2.45, 2.75) is 51.2 Å². The van der Waals surface area contributed by atoms with Crippen LogP contribution in [0.1, 0.15) is 42.7 Å². The maximum Gasteiger partial charge on any atom is 0.140 e. The maximum atomic E-state index is 6.32. The van der Waals surface area contributed by atoms with Crippen molar-refractivity contribution < 1.29 is 9.26 Å². The number of rotatable bonds is 4. The second kappa shape index (κ2) is 6.80. The standard InChI is InChI=1S/C21H25N3O2/c1-2-6-21-16(4-1)19(23-26-21)14-24-12-9-15(10-13-24)25-20-7-3-5-18-17(20)8-11-22-18/h3,5,7-8,11,15,22H,1-2,4,6,9-10,12-14H2. The zero-order valence-corrected chi connectivity index (χ0v) is 15.0. The summed E-state index contributed by atoms with van der Waals surface area (Å²) in [5.41, 5.74) is 3.68. The molecule has 26 heavy (non-hydrogen) atoms. The van der Waals surface area contributed by atoms with E-state index in [0.29, 0.717) is 0 Å². The molecule has 3 aromatic rings. The first kappa shape index (κ1) is 15.9. The Morgan fingerprint density at radius 1 is 1.15 bits per heavy atom. The number of aromatic amines is 1. The van der Waals surface area contributed by atoms with Gasteiger partial charge in [0.15, 0.2) is 0 Å². The first-order chi connectivity index (χ1) is 12.9. The number of ether oxygens (including phenoxy) is 1. The summed E-state index contributed by atoms with van der Waals surface area (Å²) in [6.07, 6.45) is 9.07. The Morgan fingerprint density at radius 3 is 2.96 bits per heavy atom. The lowest BCUT2D eigenvalue weighted by atomic mass is 9.96. The highest BCUT2D eigenvalue weighted by Crippen LogP contribution is 2.29. The third-order valence-electron chi connectivity index (χ3n) is 5.79. The van der Waals surface area contributed by atoms with Gasteiger partial charge < -0.3 is 14.2 Å². The van der Waals surface area contributed by atoms with E-state index >= 15 is 0 Å². The molecule has 1 saturated heterocycles. The number of nitrogens with one attached hydrogen (secondary N) is 1. The quantitative estimate of drug-likeness (QED) is 0.769. The molecule has 0 unspecified atom stereocenters. The highest BCUT2D eigenvalue weighted by atomic mass is 16.5. The number of nitrogens with zero attached hydrogens (tertiary/aromatic N) is 2. The van der Waals surface area contributed by atoms with Gasteiger partial charge in [-0.1, -0.05) is 11.2 Å². The fraction of sp³-hybridized carbons (Fsp3) is 0.476. The van der Waals surface area contributed by atoms with E-state index in [4.69, 9.17) is 9.26 Å². The minimum absolute atomic E-state index is 0.290. The Labute approximate surface area is 153 Å². The number of benzene rings is 1. The molecular weight excluding hydrogens is 326 g/mol. The minimum atomic E-state index is 0.290. The molecule has 5 rings (SSSR count). The van der Waals surface area contributed by atoms with Crippen LogP contribution < -0.4 is 4.74 Å². The SMILES string of the molecule is c1cc(OC2CCN(Cc3noc4c3CCCC4)CC2)c2cc[nH]c2c1. The van der Waals surface area contributed by atoms with Gasteiger partial charge in [0.1, 0.15) is 23.3 Å². The summed E-state index contributed by atoms with van der Waals surface area (Å²) in [6.45, 7) is 3.02. The van der Waals surface area contributed by atoms with Crippen LogP contribution in [0.5, 0.6) is 5.75 Å². The number of hydrogen-bond donors (Lipinski definition) is 1. The van der Waals surface area contributed by atoms with Crippen LogP contribution in [0.3, 0.4) is 0 Å². The highest BCUT2D eigenvalue weighted by Gasteiger charge is 2.25. The summed E-state index contributed by atoms with van der Waals surface area (Å²) >= 11 is 0. The molecular formula is C21H25N3O2. The molecule has 0 saturated carbocycles. The van der Waals surface area contributed by atoms with Crippen LogP contribution in [0.15, 0.2) is 35.0 Å². The van der Waals surface area contributed by atoms with Crippen LogP contribution >= 0.6 is 0 Å². The Kier molecular flexibility index (Phi) is 4.17. The van der Waals surface area contributed by atoms with Crippen molar-refractivity contribution in [2.75, 3.05) is 13.1 Å². The van der Waals surface area contributed by atoms with E-state index in [1.807, 2.05) is 6.20 Å². The zero-order chi connectivity index (χ0) is 17.3. The molecule has 1 aromatic carbocycles.